The van der Waals surface area contributed by atoms with Gasteiger partial charge in [0.05, 0.1) is 19.4 Å². The first-order valence-electron chi connectivity index (χ1n) is 8.43. The van der Waals surface area contributed by atoms with E-state index in [4.69, 9.17) is 18.9 Å². The number of fused-ring (bicyclic) bond motifs is 1. The molecule has 4 rings (SSSR count). The Kier molecular flexibility index (Phi) is 4.56. The normalized spacial score (nSPS) is 18.8. The molecule has 1 atom stereocenters. The number of nitrogens with one attached hydrogen (secondary N) is 1. The van der Waals surface area contributed by atoms with Crippen LogP contribution in [0, 0.1) is 0 Å². The molecule has 0 spiro atoms. The molecule has 0 radical (unpaired) electrons. The summed E-state index contributed by atoms with van der Waals surface area (Å²) < 4.78 is 22.2. The van der Waals surface area contributed by atoms with Crippen LogP contribution in [0.15, 0.2) is 24.5 Å². The number of benzene rings is 1. The molecule has 1 aromatic heterocycles. The molecule has 1 aromatic carbocycles. The summed E-state index contributed by atoms with van der Waals surface area (Å²) in [4.78, 5) is 8.68. The van der Waals surface area contributed by atoms with Gasteiger partial charge in [0.15, 0.2) is 11.5 Å². The van der Waals surface area contributed by atoms with E-state index in [1.165, 1.54) is 0 Å². The Morgan fingerprint density at radius 3 is 2.72 bits per heavy atom. The Hall–Kier alpha value is -2.54. The Labute approximate surface area is 146 Å². The molecule has 1 fully saturated rings. The molecule has 7 nitrogen and oxygen atoms in total. The van der Waals surface area contributed by atoms with Crippen LogP contribution < -0.4 is 19.5 Å². The zero-order valence-electron chi connectivity index (χ0n) is 14.2. The molecule has 0 saturated carbocycles. The average molecular weight is 343 g/mol. The molecular weight excluding hydrogens is 322 g/mol. The largest absolute Gasteiger partial charge is 0.496 e. The van der Waals surface area contributed by atoms with Crippen molar-refractivity contribution in [3.8, 4) is 17.2 Å². The summed E-state index contributed by atoms with van der Waals surface area (Å²) >= 11 is 0. The maximum atomic E-state index is 5.65. The second-order valence-corrected chi connectivity index (χ2v) is 6.05. The Morgan fingerprint density at radius 1 is 1.12 bits per heavy atom. The quantitative estimate of drug-likeness (QED) is 0.893. The van der Waals surface area contributed by atoms with Crippen molar-refractivity contribution in [2.75, 3.05) is 38.9 Å². The summed E-state index contributed by atoms with van der Waals surface area (Å²) in [6.45, 7) is 3.21. The van der Waals surface area contributed by atoms with Crippen LogP contribution >= 0.6 is 0 Å². The van der Waals surface area contributed by atoms with E-state index in [1.54, 1.807) is 13.4 Å². The zero-order valence-corrected chi connectivity index (χ0v) is 14.2. The van der Waals surface area contributed by atoms with Gasteiger partial charge in [-0.2, -0.15) is 0 Å². The number of ether oxygens (including phenoxy) is 4. The number of hydrogen-bond acceptors (Lipinski definition) is 7. The summed E-state index contributed by atoms with van der Waals surface area (Å²) in [5, 5.41) is 3.34. The van der Waals surface area contributed by atoms with E-state index in [2.05, 4.69) is 15.3 Å². The van der Waals surface area contributed by atoms with E-state index in [0.29, 0.717) is 25.7 Å². The minimum absolute atomic E-state index is 0.354. The van der Waals surface area contributed by atoms with Crippen molar-refractivity contribution >= 4 is 5.82 Å². The molecule has 0 unspecified atom stereocenters. The van der Waals surface area contributed by atoms with Gasteiger partial charge < -0.3 is 24.3 Å². The van der Waals surface area contributed by atoms with Crippen LogP contribution in [0.2, 0.25) is 0 Å². The van der Waals surface area contributed by atoms with Gasteiger partial charge in [0.25, 0.3) is 0 Å². The smallest absolute Gasteiger partial charge is 0.165 e. The highest BCUT2D eigenvalue weighted by Crippen LogP contribution is 2.37. The highest BCUT2D eigenvalue weighted by Gasteiger charge is 2.20. The molecule has 0 aliphatic carbocycles. The minimum atomic E-state index is 0.354. The summed E-state index contributed by atoms with van der Waals surface area (Å²) in [6, 6.07) is 5.81. The van der Waals surface area contributed by atoms with Gasteiger partial charge in [-0.1, -0.05) is 0 Å². The van der Waals surface area contributed by atoms with Gasteiger partial charge in [0.1, 0.15) is 31.1 Å². The van der Waals surface area contributed by atoms with Crippen molar-refractivity contribution in [3.05, 3.63) is 35.8 Å². The number of nitrogens with zero attached hydrogens (tertiary/aromatic N) is 2. The summed E-state index contributed by atoms with van der Waals surface area (Å²) in [6.07, 6.45) is 2.60. The Bertz CT molecular complexity index is 747. The average Bonchev–Trinajstić information content (AvgIpc) is 3.20. The van der Waals surface area contributed by atoms with Crippen LogP contribution in [0.4, 0.5) is 5.82 Å². The lowest BCUT2D eigenvalue weighted by atomic mass is 10.0. The van der Waals surface area contributed by atoms with Gasteiger partial charge in [0, 0.05) is 36.8 Å². The van der Waals surface area contributed by atoms with Gasteiger partial charge in [-0.3, -0.25) is 0 Å². The Morgan fingerprint density at radius 2 is 1.96 bits per heavy atom. The van der Waals surface area contributed by atoms with Gasteiger partial charge in [-0.25, -0.2) is 9.97 Å². The number of aromatic nitrogens is 2. The van der Waals surface area contributed by atoms with Crippen LogP contribution in [0.25, 0.3) is 0 Å². The molecule has 2 aliphatic rings. The minimum Gasteiger partial charge on any atom is -0.496 e. The molecule has 7 heteroatoms. The third kappa shape index (κ3) is 3.46. The fourth-order valence-corrected chi connectivity index (χ4v) is 3.09. The summed E-state index contributed by atoms with van der Waals surface area (Å²) in [7, 11) is 1.65. The molecular formula is C18H21N3O4. The molecule has 0 bridgehead atoms. The second-order valence-electron chi connectivity index (χ2n) is 6.05. The third-order valence-electron chi connectivity index (χ3n) is 4.44. The van der Waals surface area contributed by atoms with Crippen LogP contribution in [0.3, 0.4) is 0 Å². The molecule has 132 valence electrons. The van der Waals surface area contributed by atoms with Gasteiger partial charge in [0.2, 0.25) is 0 Å². The highest BCUT2D eigenvalue weighted by molar-refractivity contribution is 5.52. The molecule has 1 N–H and O–H groups in total. The van der Waals surface area contributed by atoms with E-state index in [1.807, 2.05) is 18.2 Å². The monoisotopic (exact) mass is 343 g/mol. The number of methoxy groups -OCH3 is 1. The van der Waals surface area contributed by atoms with Gasteiger partial charge in [-0.15, -0.1) is 0 Å². The van der Waals surface area contributed by atoms with E-state index >= 15 is 0 Å². The van der Waals surface area contributed by atoms with Gasteiger partial charge >= 0.3 is 0 Å². The van der Waals surface area contributed by atoms with Crippen molar-refractivity contribution in [2.24, 2.45) is 0 Å². The first-order valence-corrected chi connectivity index (χ1v) is 8.43. The van der Waals surface area contributed by atoms with Gasteiger partial charge in [-0.05, 0) is 12.5 Å². The fraction of sp³-hybridized carbons (Fsp3) is 0.444. The third-order valence-corrected chi connectivity index (χ3v) is 4.44. The topological polar surface area (TPSA) is 74.7 Å². The van der Waals surface area contributed by atoms with E-state index in [-0.39, 0.29) is 0 Å². The molecule has 2 aromatic rings. The van der Waals surface area contributed by atoms with Crippen molar-refractivity contribution in [1.29, 1.82) is 0 Å². The lowest BCUT2D eigenvalue weighted by Crippen LogP contribution is -2.16. The Balaban J connectivity index is 1.50. The summed E-state index contributed by atoms with van der Waals surface area (Å²) in [5.74, 6) is 3.36. The number of hydrogen-bond donors (Lipinski definition) is 1. The van der Waals surface area contributed by atoms with Crippen molar-refractivity contribution in [1.82, 2.24) is 9.97 Å². The van der Waals surface area contributed by atoms with Crippen molar-refractivity contribution < 1.29 is 18.9 Å². The SMILES string of the molecule is COc1cc2c(cc1CNc1cc([C@@H]3CCOC3)ncn1)OCCO2. The van der Waals surface area contributed by atoms with E-state index in [9.17, 15) is 0 Å². The standard InChI is InChI=1S/C18H21N3O4/c1-22-15-8-17-16(24-4-5-25-17)6-13(15)9-19-18-7-14(20-11-21-18)12-2-3-23-10-12/h6-8,11-12H,2-5,9-10H2,1H3,(H,19,20,21)/t12-/m1/s1. The predicted molar refractivity (Wildman–Crippen MR) is 91.5 cm³/mol. The van der Waals surface area contributed by atoms with Crippen molar-refractivity contribution in [2.45, 2.75) is 18.9 Å². The lowest BCUT2D eigenvalue weighted by Gasteiger charge is -2.21. The van der Waals surface area contributed by atoms with Crippen molar-refractivity contribution in [3.63, 3.8) is 0 Å². The zero-order chi connectivity index (χ0) is 17.1. The molecule has 2 aliphatic heterocycles. The maximum absolute atomic E-state index is 5.65. The van der Waals surface area contributed by atoms with Crippen LogP contribution in [-0.2, 0) is 11.3 Å². The first-order chi connectivity index (χ1) is 12.3. The van der Waals surface area contributed by atoms with E-state index < -0.39 is 0 Å². The lowest BCUT2D eigenvalue weighted by molar-refractivity contribution is 0.170. The van der Waals surface area contributed by atoms with E-state index in [0.717, 1.165) is 54.0 Å². The predicted octanol–water partition coefficient (Wildman–Crippen LogP) is 2.37. The fourth-order valence-electron chi connectivity index (χ4n) is 3.09. The molecule has 3 heterocycles. The maximum Gasteiger partial charge on any atom is 0.165 e. The van der Waals surface area contributed by atoms with Crippen LogP contribution in [0.5, 0.6) is 17.2 Å². The molecule has 1 saturated heterocycles. The number of rotatable bonds is 5. The summed E-state index contributed by atoms with van der Waals surface area (Å²) in [5.41, 5.74) is 2.00. The molecule has 0 amide bonds. The highest BCUT2D eigenvalue weighted by atomic mass is 16.6. The number of anilines is 1. The molecule has 25 heavy (non-hydrogen) atoms. The second kappa shape index (κ2) is 7.14. The first kappa shape index (κ1) is 16.0. The van der Waals surface area contributed by atoms with Crippen LogP contribution in [0.1, 0.15) is 23.6 Å². The van der Waals surface area contributed by atoms with Crippen LogP contribution in [-0.4, -0.2) is 43.5 Å².